The fraction of sp³-hybridized carbons (Fsp3) is 0.200. The van der Waals surface area contributed by atoms with E-state index in [1.807, 2.05) is 24.3 Å². The third kappa shape index (κ3) is 3.29. The number of benzene rings is 1. The first kappa shape index (κ1) is 9.63. The van der Waals surface area contributed by atoms with Gasteiger partial charge in [0.1, 0.15) is 0 Å². The number of rotatable bonds is 3. The molecular formula is C10H10Cl2. The van der Waals surface area contributed by atoms with Gasteiger partial charge in [-0.25, -0.2) is 0 Å². The van der Waals surface area contributed by atoms with E-state index in [4.69, 9.17) is 23.2 Å². The van der Waals surface area contributed by atoms with Gasteiger partial charge in [0.15, 0.2) is 0 Å². The zero-order chi connectivity index (χ0) is 8.81. The summed E-state index contributed by atoms with van der Waals surface area (Å²) in [5.41, 5.74) is 1.25. The van der Waals surface area contributed by atoms with Crippen LogP contribution >= 0.6 is 23.2 Å². The molecule has 12 heavy (non-hydrogen) atoms. The maximum absolute atomic E-state index is 5.74. The SMILES string of the molecule is ClCC(Cl)=CCc1ccccc1. The Labute approximate surface area is 82.8 Å². The predicted octanol–water partition coefficient (Wildman–Crippen LogP) is 3.59. The number of hydrogen-bond donors (Lipinski definition) is 0. The van der Waals surface area contributed by atoms with Crippen molar-refractivity contribution in [2.45, 2.75) is 6.42 Å². The van der Waals surface area contributed by atoms with Gasteiger partial charge in [0.05, 0.1) is 5.88 Å². The Morgan fingerprint density at radius 2 is 1.92 bits per heavy atom. The van der Waals surface area contributed by atoms with Gasteiger partial charge in [0.25, 0.3) is 0 Å². The lowest BCUT2D eigenvalue weighted by Crippen LogP contribution is -1.81. The molecule has 1 aromatic rings. The van der Waals surface area contributed by atoms with Crippen molar-refractivity contribution in [2.75, 3.05) is 5.88 Å². The van der Waals surface area contributed by atoms with Crippen LogP contribution in [0.4, 0.5) is 0 Å². The minimum Gasteiger partial charge on any atom is -0.121 e. The maximum Gasteiger partial charge on any atom is 0.0578 e. The van der Waals surface area contributed by atoms with Crippen molar-refractivity contribution in [3.05, 3.63) is 47.0 Å². The van der Waals surface area contributed by atoms with E-state index in [0.29, 0.717) is 10.9 Å². The second-order valence-corrected chi connectivity index (χ2v) is 3.23. The first-order chi connectivity index (χ1) is 5.83. The minimum absolute atomic E-state index is 0.397. The average Bonchev–Trinajstić information content (AvgIpc) is 2.16. The van der Waals surface area contributed by atoms with Gasteiger partial charge in [0.2, 0.25) is 0 Å². The quantitative estimate of drug-likeness (QED) is 0.655. The van der Waals surface area contributed by atoms with Crippen molar-refractivity contribution in [1.29, 1.82) is 0 Å². The molecule has 2 heteroatoms. The molecule has 1 rings (SSSR count). The summed E-state index contributed by atoms with van der Waals surface area (Å²) in [6.07, 6.45) is 2.79. The number of hydrogen-bond acceptors (Lipinski definition) is 0. The van der Waals surface area contributed by atoms with Crippen LogP contribution in [0.15, 0.2) is 41.4 Å². The van der Waals surface area contributed by atoms with Crippen LogP contribution < -0.4 is 0 Å². The second kappa shape index (κ2) is 5.23. The van der Waals surface area contributed by atoms with E-state index in [1.165, 1.54) is 5.56 Å². The Kier molecular flexibility index (Phi) is 4.20. The lowest BCUT2D eigenvalue weighted by molar-refractivity contribution is 1.26. The smallest absolute Gasteiger partial charge is 0.0578 e. The molecule has 0 aromatic heterocycles. The molecule has 0 N–H and O–H groups in total. The zero-order valence-corrected chi connectivity index (χ0v) is 8.15. The fourth-order valence-corrected chi connectivity index (χ4v) is 1.08. The number of halogens is 2. The molecule has 0 atom stereocenters. The van der Waals surface area contributed by atoms with E-state index in [-0.39, 0.29) is 0 Å². The highest BCUT2D eigenvalue weighted by molar-refractivity contribution is 6.35. The van der Waals surface area contributed by atoms with Gasteiger partial charge in [0, 0.05) is 5.03 Å². The first-order valence-electron chi connectivity index (χ1n) is 3.77. The largest absolute Gasteiger partial charge is 0.121 e. The van der Waals surface area contributed by atoms with Crippen LogP contribution in [0.1, 0.15) is 5.56 Å². The highest BCUT2D eigenvalue weighted by Crippen LogP contribution is 2.07. The van der Waals surface area contributed by atoms with Crippen LogP contribution in [0.3, 0.4) is 0 Å². The van der Waals surface area contributed by atoms with Crippen molar-refractivity contribution in [3.8, 4) is 0 Å². The first-order valence-corrected chi connectivity index (χ1v) is 4.68. The third-order valence-corrected chi connectivity index (χ3v) is 2.24. The van der Waals surface area contributed by atoms with E-state index < -0.39 is 0 Å². The predicted molar refractivity (Wildman–Crippen MR) is 54.8 cm³/mol. The van der Waals surface area contributed by atoms with Crippen LogP contribution in [0.2, 0.25) is 0 Å². The molecule has 0 heterocycles. The van der Waals surface area contributed by atoms with Crippen molar-refractivity contribution >= 4 is 23.2 Å². The molecule has 0 aliphatic rings. The Hall–Kier alpha value is -0.460. The molecule has 0 aliphatic carbocycles. The Bertz CT molecular complexity index is 252. The normalized spacial score (nSPS) is 11.7. The van der Waals surface area contributed by atoms with Crippen LogP contribution in [0, 0.1) is 0 Å². The molecule has 0 unspecified atom stereocenters. The lowest BCUT2D eigenvalue weighted by atomic mass is 10.1. The van der Waals surface area contributed by atoms with E-state index in [0.717, 1.165) is 6.42 Å². The fourth-order valence-electron chi connectivity index (χ4n) is 0.897. The average molecular weight is 201 g/mol. The molecule has 64 valence electrons. The Morgan fingerprint density at radius 1 is 1.25 bits per heavy atom. The molecule has 0 saturated heterocycles. The summed E-state index contributed by atoms with van der Waals surface area (Å²) >= 11 is 11.3. The van der Waals surface area contributed by atoms with Crippen molar-refractivity contribution in [3.63, 3.8) is 0 Å². The molecule has 0 spiro atoms. The summed E-state index contributed by atoms with van der Waals surface area (Å²) in [6.45, 7) is 0. The molecule has 0 fully saturated rings. The van der Waals surface area contributed by atoms with Gasteiger partial charge in [-0.15, -0.1) is 11.6 Å². The van der Waals surface area contributed by atoms with Crippen LogP contribution in [0.5, 0.6) is 0 Å². The summed E-state index contributed by atoms with van der Waals surface area (Å²) in [6, 6.07) is 10.1. The summed E-state index contributed by atoms with van der Waals surface area (Å²) in [5, 5.41) is 0.709. The van der Waals surface area contributed by atoms with Crippen LogP contribution in [-0.4, -0.2) is 5.88 Å². The molecule has 0 bridgehead atoms. The molecule has 1 aromatic carbocycles. The van der Waals surface area contributed by atoms with Gasteiger partial charge in [-0.05, 0) is 12.0 Å². The van der Waals surface area contributed by atoms with Gasteiger partial charge in [-0.3, -0.25) is 0 Å². The Balaban J connectivity index is 2.54. The summed E-state index contributed by atoms with van der Waals surface area (Å²) in [7, 11) is 0. The third-order valence-electron chi connectivity index (χ3n) is 1.53. The highest BCUT2D eigenvalue weighted by Gasteiger charge is 1.90. The number of allylic oxidation sites excluding steroid dienone is 2. The summed E-state index contributed by atoms with van der Waals surface area (Å²) < 4.78 is 0. The Morgan fingerprint density at radius 3 is 2.50 bits per heavy atom. The van der Waals surface area contributed by atoms with E-state index in [9.17, 15) is 0 Å². The number of alkyl halides is 1. The maximum atomic E-state index is 5.74. The van der Waals surface area contributed by atoms with E-state index >= 15 is 0 Å². The van der Waals surface area contributed by atoms with Crippen molar-refractivity contribution in [2.24, 2.45) is 0 Å². The standard InChI is InChI=1S/C10H10Cl2/c11-8-10(12)7-6-9-4-2-1-3-5-9/h1-5,7H,6,8H2. The van der Waals surface area contributed by atoms with Crippen molar-refractivity contribution in [1.82, 2.24) is 0 Å². The molecule has 0 amide bonds. The van der Waals surface area contributed by atoms with Gasteiger partial charge >= 0.3 is 0 Å². The topological polar surface area (TPSA) is 0 Å². The summed E-state index contributed by atoms with van der Waals surface area (Å²) in [4.78, 5) is 0. The van der Waals surface area contributed by atoms with Gasteiger partial charge in [-0.2, -0.15) is 0 Å². The van der Waals surface area contributed by atoms with Crippen LogP contribution in [0.25, 0.3) is 0 Å². The molecule has 0 radical (unpaired) electrons. The molecular weight excluding hydrogens is 191 g/mol. The van der Waals surface area contributed by atoms with E-state index in [2.05, 4.69) is 12.1 Å². The minimum atomic E-state index is 0.397. The van der Waals surface area contributed by atoms with Crippen LogP contribution in [-0.2, 0) is 6.42 Å². The second-order valence-electron chi connectivity index (χ2n) is 2.47. The molecule has 0 nitrogen and oxygen atoms in total. The zero-order valence-electron chi connectivity index (χ0n) is 6.63. The monoisotopic (exact) mass is 200 g/mol. The van der Waals surface area contributed by atoms with Gasteiger partial charge < -0.3 is 0 Å². The molecule has 0 aliphatic heterocycles. The van der Waals surface area contributed by atoms with E-state index in [1.54, 1.807) is 0 Å². The van der Waals surface area contributed by atoms with Gasteiger partial charge in [-0.1, -0.05) is 48.0 Å². The lowest BCUT2D eigenvalue weighted by Gasteiger charge is -1.95. The highest BCUT2D eigenvalue weighted by atomic mass is 35.5. The summed E-state index contributed by atoms with van der Waals surface area (Å²) in [5.74, 6) is 0.397. The van der Waals surface area contributed by atoms with Crippen molar-refractivity contribution < 1.29 is 0 Å². The molecule has 0 saturated carbocycles.